The second-order valence-corrected chi connectivity index (χ2v) is 6.60. The summed E-state index contributed by atoms with van der Waals surface area (Å²) in [5, 5.41) is 0.441. The van der Waals surface area contributed by atoms with Crippen molar-refractivity contribution in [2.45, 2.75) is 43.8 Å². The Bertz CT molecular complexity index is 550. The van der Waals surface area contributed by atoms with E-state index >= 15 is 0 Å². The molecular weight excluding hydrogens is 258 g/mol. The van der Waals surface area contributed by atoms with Gasteiger partial charge in [0, 0.05) is 30.6 Å². The molecule has 1 unspecified atom stereocenters. The lowest BCUT2D eigenvalue weighted by molar-refractivity contribution is 0.615. The van der Waals surface area contributed by atoms with Gasteiger partial charge in [-0.05, 0) is 25.3 Å². The summed E-state index contributed by atoms with van der Waals surface area (Å²) < 4.78 is 11.6. The zero-order valence-electron chi connectivity index (χ0n) is 11.4. The summed E-state index contributed by atoms with van der Waals surface area (Å²) in [6, 6.07) is 0.580. The van der Waals surface area contributed by atoms with Crippen LogP contribution in [0.2, 0.25) is 0 Å². The number of hydrogen-bond acceptors (Lipinski definition) is 4. The highest BCUT2D eigenvalue weighted by Crippen LogP contribution is 2.34. The van der Waals surface area contributed by atoms with Gasteiger partial charge < -0.3 is 4.90 Å². The van der Waals surface area contributed by atoms with Crippen molar-refractivity contribution in [2.75, 3.05) is 17.7 Å². The van der Waals surface area contributed by atoms with Crippen LogP contribution in [0.1, 0.15) is 38.2 Å². The second kappa shape index (κ2) is 5.04. The number of fused-ring (bicyclic) bond motifs is 1. The molecule has 1 aliphatic carbocycles. The maximum atomic E-state index is 11.6. The van der Waals surface area contributed by atoms with Gasteiger partial charge >= 0.3 is 0 Å². The maximum absolute atomic E-state index is 11.6. The molecule has 0 spiro atoms. The number of anilines is 1. The highest BCUT2D eigenvalue weighted by molar-refractivity contribution is 7.84. The van der Waals surface area contributed by atoms with Crippen molar-refractivity contribution in [3.63, 3.8) is 0 Å². The molecular formula is C14H19N3OS. The molecule has 0 aromatic carbocycles. The normalized spacial score (nSPS) is 21.2. The Balaban J connectivity index is 2.04. The molecule has 5 heteroatoms. The molecule has 0 radical (unpaired) electrons. The molecule has 0 bridgehead atoms. The molecule has 19 heavy (non-hydrogen) atoms. The van der Waals surface area contributed by atoms with Gasteiger partial charge in [0.1, 0.15) is 5.82 Å². The van der Waals surface area contributed by atoms with E-state index in [4.69, 9.17) is 0 Å². The quantitative estimate of drug-likeness (QED) is 0.779. The van der Waals surface area contributed by atoms with Crippen molar-refractivity contribution >= 4 is 22.2 Å². The summed E-state index contributed by atoms with van der Waals surface area (Å²) in [6.07, 6.45) is 10.8. The SMILES string of the molecule is CC1=CCN(C2CCCC2)c2nc(S(C)=O)ncc21. The van der Waals surface area contributed by atoms with Gasteiger partial charge in [-0.15, -0.1) is 0 Å². The zero-order valence-corrected chi connectivity index (χ0v) is 12.2. The zero-order chi connectivity index (χ0) is 13.4. The van der Waals surface area contributed by atoms with Crippen LogP contribution in [-0.4, -0.2) is 33.0 Å². The van der Waals surface area contributed by atoms with E-state index in [1.54, 1.807) is 6.26 Å². The Morgan fingerprint density at radius 3 is 2.79 bits per heavy atom. The van der Waals surface area contributed by atoms with E-state index in [1.165, 1.54) is 31.3 Å². The second-order valence-electron chi connectivity index (χ2n) is 5.32. The van der Waals surface area contributed by atoms with Gasteiger partial charge in [-0.1, -0.05) is 18.9 Å². The van der Waals surface area contributed by atoms with Gasteiger partial charge in [-0.2, -0.15) is 0 Å². The molecule has 1 aromatic rings. The minimum Gasteiger partial charge on any atom is -0.349 e. The van der Waals surface area contributed by atoms with E-state index in [0.29, 0.717) is 11.2 Å². The van der Waals surface area contributed by atoms with Crippen LogP contribution in [0.3, 0.4) is 0 Å². The Labute approximate surface area is 116 Å². The third-order valence-corrected chi connectivity index (χ3v) is 4.77. The van der Waals surface area contributed by atoms with Crippen LogP contribution >= 0.6 is 0 Å². The van der Waals surface area contributed by atoms with Crippen LogP contribution in [0, 0.1) is 0 Å². The number of hydrogen-bond donors (Lipinski definition) is 0. The van der Waals surface area contributed by atoms with Crippen LogP contribution in [0.4, 0.5) is 5.82 Å². The van der Waals surface area contributed by atoms with Crippen LogP contribution in [0.5, 0.6) is 0 Å². The molecule has 2 heterocycles. The monoisotopic (exact) mass is 277 g/mol. The average molecular weight is 277 g/mol. The lowest BCUT2D eigenvalue weighted by atomic mass is 10.0. The molecule has 102 valence electrons. The summed E-state index contributed by atoms with van der Waals surface area (Å²) in [4.78, 5) is 11.2. The van der Waals surface area contributed by atoms with Crippen LogP contribution < -0.4 is 4.90 Å². The van der Waals surface area contributed by atoms with Gasteiger partial charge in [0.25, 0.3) is 0 Å². The summed E-state index contributed by atoms with van der Waals surface area (Å²) in [5.41, 5.74) is 2.31. The van der Waals surface area contributed by atoms with E-state index in [0.717, 1.165) is 17.9 Å². The Morgan fingerprint density at radius 1 is 1.37 bits per heavy atom. The van der Waals surface area contributed by atoms with E-state index in [2.05, 4.69) is 27.9 Å². The first-order valence-corrected chi connectivity index (χ1v) is 8.37. The first-order chi connectivity index (χ1) is 9.16. The minimum absolute atomic E-state index is 0.441. The van der Waals surface area contributed by atoms with Crippen molar-refractivity contribution in [3.05, 3.63) is 17.8 Å². The number of allylic oxidation sites excluding steroid dienone is 1. The third-order valence-electron chi connectivity index (χ3n) is 4.06. The molecule has 0 amide bonds. The van der Waals surface area contributed by atoms with Gasteiger partial charge in [0.05, 0.1) is 10.8 Å². The summed E-state index contributed by atoms with van der Waals surface area (Å²) >= 11 is 0. The highest BCUT2D eigenvalue weighted by atomic mass is 32.2. The Hall–Kier alpha value is -1.23. The molecule has 1 fully saturated rings. The van der Waals surface area contributed by atoms with Crippen molar-refractivity contribution in [2.24, 2.45) is 0 Å². The molecule has 1 aromatic heterocycles. The standard InChI is InChI=1S/C14H19N3OS/c1-10-7-8-17(11-5-3-4-6-11)13-12(10)9-15-14(16-13)19(2)18/h7,9,11H,3-6,8H2,1-2H3. The first-order valence-electron chi connectivity index (χ1n) is 6.81. The smallest absolute Gasteiger partial charge is 0.220 e. The Kier molecular flexibility index (Phi) is 3.39. The molecule has 4 nitrogen and oxygen atoms in total. The maximum Gasteiger partial charge on any atom is 0.220 e. The number of rotatable bonds is 2. The fraction of sp³-hybridized carbons (Fsp3) is 0.571. The predicted molar refractivity (Wildman–Crippen MR) is 77.6 cm³/mol. The summed E-state index contributed by atoms with van der Waals surface area (Å²) in [7, 11) is -1.12. The van der Waals surface area contributed by atoms with Crippen LogP contribution in [0.25, 0.3) is 5.57 Å². The fourth-order valence-corrected chi connectivity index (χ4v) is 3.38. The molecule has 1 saturated carbocycles. The lowest BCUT2D eigenvalue weighted by Gasteiger charge is -2.33. The first kappa shape index (κ1) is 12.8. The van der Waals surface area contributed by atoms with E-state index in [1.807, 2.05) is 6.20 Å². The van der Waals surface area contributed by atoms with Gasteiger partial charge in [-0.3, -0.25) is 4.21 Å². The van der Waals surface area contributed by atoms with Gasteiger partial charge in [0.15, 0.2) is 0 Å². The van der Waals surface area contributed by atoms with Crippen LogP contribution in [-0.2, 0) is 10.8 Å². The minimum atomic E-state index is -1.12. The summed E-state index contributed by atoms with van der Waals surface area (Å²) in [6.45, 7) is 3.01. The Morgan fingerprint density at radius 2 is 2.11 bits per heavy atom. The van der Waals surface area contributed by atoms with E-state index in [9.17, 15) is 4.21 Å². The molecule has 0 N–H and O–H groups in total. The summed E-state index contributed by atoms with van der Waals surface area (Å²) in [5.74, 6) is 0.979. The number of nitrogens with zero attached hydrogens (tertiary/aromatic N) is 3. The van der Waals surface area contributed by atoms with Crippen molar-refractivity contribution in [1.82, 2.24) is 9.97 Å². The molecule has 1 atom stereocenters. The van der Waals surface area contributed by atoms with Gasteiger partial charge in [-0.25, -0.2) is 9.97 Å². The van der Waals surface area contributed by atoms with Crippen LogP contribution in [0.15, 0.2) is 17.4 Å². The lowest BCUT2D eigenvalue weighted by Crippen LogP contribution is -2.36. The molecule has 3 rings (SSSR count). The average Bonchev–Trinajstić information content (AvgIpc) is 2.92. The highest BCUT2D eigenvalue weighted by Gasteiger charge is 2.28. The number of aromatic nitrogens is 2. The third kappa shape index (κ3) is 2.31. The van der Waals surface area contributed by atoms with Crippen molar-refractivity contribution in [1.29, 1.82) is 0 Å². The van der Waals surface area contributed by atoms with E-state index in [-0.39, 0.29) is 0 Å². The van der Waals surface area contributed by atoms with Crippen molar-refractivity contribution in [3.8, 4) is 0 Å². The fourth-order valence-electron chi connectivity index (χ4n) is 2.96. The predicted octanol–water partition coefficient (Wildman–Crippen LogP) is 2.38. The van der Waals surface area contributed by atoms with E-state index < -0.39 is 10.8 Å². The molecule has 1 aliphatic heterocycles. The largest absolute Gasteiger partial charge is 0.349 e. The van der Waals surface area contributed by atoms with Crippen molar-refractivity contribution < 1.29 is 4.21 Å². The molecule has 2 aliphatic rings. The van der Waals surface area contributed by atoms with Gasteiger partial charge in [0.2, 0.25) is 5.16 Å². The molecule has 0 saturated heterocycles. The topological polar surface area (TPSA) is 46.1 Å².